The molecule has 1 aromatic rings. The Morgan fingerprint density at radius 2 is 2.33 bits per heavy atom. The Bertz CT molecular complexity index is 384. The summed E-state index contributed by atoms with van der Waals surface area (Å²) in [5.74, 6) is 1.13. The Kier molecular flexibility index (Phi) is 4.13. The van der Waals surface area contributed by atoms with Gasteiger partial charge in [0.2, 0.25) is 0 Å². The van der Waals surface area contributed by atoms with E-state index in [2.05, 4.69) is 32.2 Å². The summed E-state index contributed by atoms with van der Waals surface area (Å²) in [6.07, 6.45) is 5.81. The van der Waals surface area contributed by atoms with Gasteiger partial charge in [0.25, 0.3) is 0 Å². The molecule has 0 spiro atoms. The first-order valence-corrected chi connectivity index (χ1v) is 6.99. The van der Waals surface area contributed by atoms with Crippen LogP contribution in [0.1, 0.15) is 57.4 Å². The van der Waals surface area contributed by atoms with E-state index < -0.39 is 0 Å². The Morgan fingerprint density at radius 3 is 3.00 bits per heavy atom. The summed E-state index contributed by atoms with van der Waals surface area (Å²) < 4.78 is 5.61. The van der Waals surface area contributed by atoms with Gasteiger partial charge in [0.15, 0.2) is 0 Å². The zero-order chi connectivity index (χ0) is 13.2. The molecule has 1 heterocycles. The first-order valence-electron chi connectivity index (χ1n) is 6.99. The van der Waals surface area contributed by atoms with Crippen LogP contribution in [-0.2, 0) is 6.42 Å². The largest absolute Gasteiger partial charge is 0.469 e. The summed E-state index contributed by atoms with van der Waals surface area (Å²) in [4.78, 5) is 0. The van der Waals surface area contributed by atoms with Crippen molar-refractivity contribution in [1.82, 2.24) is 5.32 Å². The standard InChI is InChI=1S/C15H25NO2/c1-4-11(5-7-17)16-13-9-15(2,3)10-14-12(13)6-8-18-14/h6,8,11,13,16-17H,4-5,7,9-10H2,1-3H3. The number of hydrogen-bond donors (Lipinski definition) is 2. The van der Waals surface area contributed by atoms with Crippen molar-refractivity contribution < 1.29 is 9.52 Å². The van der Waals surface area contributed by atoms with Gasteiger partial charge in [-0.25, -0.2) is 0 Å². The van der Waals surface area contributed by atoms with E-state index in [1.807, 2.05) is 0 Å². The molecule has 2 unspecified atom stereocenters. The first kappa shape index (κ1) is 13.6. The van der Waals surface area contributed by atoms with Gasteiger partial charge in [-0.15, -0.1) is 0 Å². The molecule has 2 atom stereocenters. The minimum absolute atomic E-state index is 0.250. The van der Waals surface area contributed by atoms with E-state index in [-0.39, 0.29) is 12.0 Å². The van der Waals surface area contributed by atoms with Crippen LogP contribution >= 0.6 is 0 Å². The molecule has 2 rings (SSSR count). The second-order valence-corrected chi connectivity index (χ2v) is 6.18. The van der Waals surface area contributed by atoms with Crippen molar-refractivity contribution in [1.29, 1.82) is 0 Å². The summed E-state index contributed by atoms with van der Waals surface area (Å²) in [6.45, 7) is 7.00. The molecular weight excluding hydrogens is 226 g/mol. The molecule has 0 amide bonds. The van der Waals surface area contributed by atoms with Gasteiger partial charge in [-0.2, -0.15) is 0 Å². The lowest BCUT2D eigenvalue weighted by molar-refractivity contribution is 0.208. The predicted molar refractivity (Wildman–Crippen MR) is 72.5 cm³/mol. The van der Waals surface area contributed by atoms with E-state index in [4.69, 9.17) is 9.52 Å². The number of aliphatic hydroxyl groups is 1. The van der Waals surface area contributed by atoms with Gasteiger partial charge < -0.3 is 14.8 Å². The van der Waals surface area contributed by atoms with E-state index in [1.165, 1.54) is 5.56 Å². The van der Waals surface area contributed by atoms with Crippen molar-refractivity contribution in [2.45, 2.75) is 58.5 Å². The third-order valence-electron chi connectivity index (χ3n) is 3.96. The van der Waals surface area contributed by atoms with Gasteiger partial charge in [-0.05, 0) is 30.7 Å². The molecule has 1 aromatic heterocycles. The lowest BCUT2D eigenvalue weighted by Crippen LogP contribution is -2.38. The van der Waals surface area contributed by atoms with Gasteiger partial charge in [-0.3, -0.25) is 0 Å². The van der Waals surface area contributed by atoms with Crippen LogP contribution in [0.15, 0.2) is 16.7 Å². The third-order valence-corrected chi connectivity index (χ3v) is 3.96. The smallest absolute Gasteiger partial charge is 0.109 e. The molecule has 0 radical (unpaired) electrons. The topological polar surface area (TPSA) is 45.4 Å². The third kappa shape index (κ3) is 2.96. The highest BCUT2D eigenvalue weighted by Gasteiger charge is 2.34. The average molecular weight is 251 g/mol. The molecule has 3 nitrogen and oxygen atoms in total. The van der Waals surface area contributed by atoms with Crippen molar-refractivity contribution in [2.24, 2.45) is 5.41 Å². The molecule has 102 valence electrons. The zero-order valence-corrected chi connectivity index (χ0v) is 11.7. The molecule has 0 saturated carbocycles. The molecule has 18 heavy (non-hydrogen) atoms. The van der Waals surface area contributed by atoms with E-state index in [9.17, 15) is 0 Å². The maximum atomic E-state index is 9.10. The van der Waals surface area contributed by atoms with Crippen LogP contribution in [0.25, 0.3) is 0 Å². The number of hydrogen-bond acceptors (Lipinski definition) is 3. The Morgan fingerprint density at radius 1 is 1.56 bits per heavy atom. The van der Waals surface area contributed by atoms with Gasteiger partial charge in [-0.1, -0.05) is 20.8 Å². The molecular formula is C15H25NO2. The highest BCUT2D eigenvalue weighted by Crippen LogP contribution is 2.41. The van der Waals surface area contributed by atoms with E-state index >= 15 is 0 Å². The lowest BCUT2D eigenvalue weighted by Gasteiger charge is -2.36. The molecule has 0 aliphatic heterocycles. The van der Waals surface area contributed by atoms with Crippen molar-refractivity contribution in [3.05, 3.63) is 23.7 Å². The fourth-order valence-corrected chi connectivity index (χ4v) is 2.97. The van der Waals surface area contributed by atoms with Crippen molar-refractivity contribution >= 4 is 0 Å². The fraction of sp³-hybridized carbons (Fsp3) is 0.733. The molecule has 0 aromatic carbocycles. The monoisotopic (exact) mass is 251 g/mol. The van der Waals surface area contributed by atoms with Crippen LogP contribution in [0.5, 0.6) is 0 Å². The lowest BCUT2D eigenvalue weighted by atomic mass is 9.74. The SMILES string of the molecule is CCC(CCO)NC1CC(C)(C)Cc2occc21. The van der Waals surface area contributed by atoms with E-state index in [0.717, 1.165) is 31.4 Å². The number of nitrogens with one attached hydrogen (secondary N) is 1. The minimum atomic E-state index is 0.250. The fourth-order valence-electron chi connectivity index (χ4n) is 2.97. The maximum Gasteiger partial charge on any atom is 0.109 e. The Balaban J connectivity index is 2.13. The molecule has 1 aliphatic carbocycles. The highest BCUT2D eigenvalue weighted by molar-refractivity contribution is 5.26. The molecule has 1 aliphatic rings. The van der Waals surface area contributed by atoms with Crippen molar-refractivity contribution in [3.8, 4) is 0 Å². The first-order chi connectivity index (χ1) is 8.55. The molecule has 3 heteroatoms. The maximum absolute atomic E-state index is 9.10. The summed E-state index contributed by atoms with van der Waals surface area (Å²) in [5.41, 5.74) is 1.59. The van der Waals surface area contributed by atoms with E-state index in [1.54, 1.807) is 6.26 Å². The second kappa shape index (κ2) is 5.45. The minimum Gasteiger partial charge on any atom is -0.469 e. The van der Waals surface area contributed by atoms with Crippen molar-refractivity contribution in [2.75, 3.05) is 6.61 Å². The zero-order valence-electron chi connectivity index (χ0n) is 11.7. The summed E-state index contributed by atoms with van der Waals surface area (Å²) >= 11 is 0. The summed E-state index contributed by atoms with van der Waals surface area (Å²) in [7, 11) is 0. The van der Waals surface area contributed by atoms with Gasteiger partial charge in [0, 0.05) is 30.7 Å². The summed E-state index contributed by atoms with van der Waals surface area (Å²) in [6, 6.07) is 2.84. The van der Waals surface area contributed by atoms with Crippen LogP contribution in [0.4, 0.5) is 0 Å². The normalized spacial score (nSPS) is 23.7. The molecule has 2 N–H and O–H groups in total. The number of fused-ring (bicyclic) bond motifs is 1. The molecule has 0 fully saturated rings. The Hall–Kier alpha value is -0.800. The van der Waals surface area contributed by atoms with Gasteiger partial charge in [0.05, 0.1) is 6.26 Å². The predicted octanol–water partition coefficient (Wildman–Crippen LogP) is 3.04. The summed E-state index contributed by atoms with van der Waals surface area (Å²) in [5, 5.41) is 12.8. The van der Waals surface area contributed by atoms with Crippen LogP contribution in [0, 0.1) is 5.41 Å². The number of furan rings is 1. The number of rotatable bonds is 5. The molecule has 0 bridgehead atoms. The van der Waals surface area contributed by atoms with Crippen LogP contribution in [-0.4, -0.2) is 17.8 Å². The Labute approximate surface area is 110 Å². The van der Waals surface area contributed by atoms with Gasteiger partial charge >= 0.3 is 0 Å². The second-order valence-electron chi connectivity index (χ2n) is 6.18. The van der Waals surface area contributed by atoms with Crippen LogP contribution in [0.3, 0.4) is 0 Å². The highest BCUT2D eigenvalue weighted by atomic mass is 16.3. The van der Waals surface area contributed by atoms with Crippen molar-refractivity contribution in [3.63, 3.8) is 0 Å². The number of aliphatic hydroxyl groups excluding tert-OH is 1. The average Bonchev–Trinajstić information content (AvgIpc) is 2.74. The van der Waals surface area contributed by atoms with Crippen LogP contribution in [0.2, 0.25) is 0 Å². The molecule has 0 saturated heterocycles. The quantitative estimate of drug-likeness (QED) is 0.845. The van der Waals surface area contributed by atoms with Crippen LogP contribution < -0.4 is 5.32 Å². The van der Waals surface area contributed by atoms with Gasteiger partial charge in [0.1, 0.15) is 5.76 Å². The van der Waals surface area contributed by atoms with E-state index in [0.29, 0.717) is 12.1 Å².